The van der Waals surface area contributed by atoms with Crippen molar-refractivity contribution >= 4 is 33.2 Å². The van der Waals surface area contributed by atoms with Crippen molar-refractivity contribution in [2.75, 3.05) is 26.2 Å². The maximum atomic E-state index is 12.4. The molecule has 5 nitrogen and oxygen atoms in total. The van der Waals surface area contributed by atoms with Crippen LogP contribution < -0.4 is 0 Å². The van der Waals surface area contributed by atoms with Gasteiger partial charge in [0.2, 0.25) is 0 Å². The summed E-state index contributed by atoms with van der Waals surface area (Å²) in [5.41, 5.74) is 2.18. The van der Waals surface area contributed by atoms with Crippen molar-refractivity contribution in [3.8, 4) is 11.3 Å². The van der Waals surface area contributed by atoms with E-state index in [1.54, 1.807) is 23.5 Å². The van der Waals surface area contributed by atoms with Crippen LogP contribution in [0.5, 0.6) is 0 Å². The zero-order valence-corrected chi connectivity index (χ0v) is 16.5. The molecule has 0 saturated carbocycles. The molecule has 0 radical (unpaired) electrons. The molecule has 134 valence electrons. The summed E-state index contributed by atoms with van der Waals surface area (Å²) in [4.78, 5) is 21.4. The minimum absolute atomic E-state index is 0.0454. The van der Waals surface area contributed by atoms with Gasteiger partial charge in [0.05, 0.1) is 12.2 Å². The number of benzene rings is 1. The van der Waals surface area contributed by atoms with E-state index in [0.717, 1.165) is 35.9 Å². The van der Waals surface area contributed by atoms with Crippen molar-refractivity contribution in [1.82, 2.24) is 14.8 Å². The van der Waals surface area contributed by atoms with Gasteiger partial charge in [0.1, 0.15) is 5.01 Å². The smallest absolute Gasteiger partial charge is 0.289 e. The number of carbonyl (C=O) groups is 1. The number of hydrogen-bond acceptors (Lipinski definition) is 5. The number of nitrogens with zero attached hydrogens (tertiary/aromatic N) is 3. The molecule has 1 amide bonds. The van der Waals surface area contributed by atoms with Gasteiger partial charge in [0.25, 0.3) is 5.91 Å². The molecule has 0 spiro atoms. The molecular formula is C19H18BrN3O2S. The second-order valence-electron chi connectivity index (χ2n) is 6.16. The van der Waals surface area contributed by atoms with Crippen molar-refractivity contribution in [2.24, 2.45) is 0 Å². The van der Waals surface area contributed by atoms with Gasteiger partial charge in [-0.25, -0.2) is 4.98 Å². The Morgan fingerprint density at radius 3 is 2.58 bits per heavy atom. The van der Waals surface area contributed by atoms with Gasteiger partial charge in [0, 0.05) is 37.1 Å². The lowest BCUT2D eigenvalue weighted by atomic mass is 10.2. The van der Waals surface area contributed by atoms with Crippen LogP contribution in [0.3, 0.4) is 0 Å². The second kappa shape index (κ2) is 7.73. The molecule has 2 aromatic heterocycles. The van der Waals surface area contributed by atoms with Crippen LogP contribution in [-0.2, 0) is 6.54 Å². The molecule has 26 heavy (non-hydrogen) atoms. The van der Waals surface area contributed by atoms with Crippen LogP contribution in [-0.4, -0.2) is 46.9 Å². The van der Waals surface area contributed by atoms with Gasteiger partial charge in [0.15, 0.2) is 10.4 Å². The van der Waals surface area contributed by atoms with Crippen molar-refractivity contribution in [2.45, 2.75) is 6.54 Å². The van der Waals surface area contributed by atoms with Crippen molar-refractivity contribution in [1.29, 1.82) is 0 Å². The number of hydrogen-bond donors (Lipinski definition) is 0. The SMILES string of the molecule is O=C(c1ccc(Br)o1)N1CCN(Cc2nc(-c3ccccc3)cs2)CC1. The maximum absolute atomic E-state index is 12.4. The topological polar surface area (TPSA) is 49.6 Å². The largest absolute Gasteiger partial charge is 0.444 e. The first-order valence-corrected chi connectivity index (χ1v) is 10.1. The minimum Gasteiger partial charge on any atom is -0.444 e. The number of halogens is 1. The van der Waals surface area contributed by atoms with Crippen LogP contribution in [0.25, 0.3) is 11.3 Å². The molecule has 4 rings (SSSR count). The Morgan fingerprint density at radius 1 is 1.12 bits per heavy atom. The Kier molecular flexibility index (Phi) is 5.19. The van der Waals surface area contributed by atoms with E-state index in [0.29, 0.717) is 23.5 Å². The third kappa shape index (κ3) is 3.90. The van der Waals surface area contributed by atoms with Crippen molar-refractivity contribution in [3.63, 3.8) is 0 Å². The van der Waals surface area contributed by atoms with E-state index in [1.807, 2.05) is 23.1 Å². The van der Waals surface area contributed by atoms with E-state index in [9.17, 15) is 4.79 Å². The lowest BCUT2D eigenvalue weighted by Crippen LogP contribution is -2.48. The number of furan rings is 1. The van der Waals surface area contributed by atoms with Crippen LogP contribution in [0.2, 0.25) is 0 Å². The molecule has 3 heterocycles. The summed E-state index contributed by atoms with van der Waals surface area (Å²) in [6, 6.07) is 13.7. The molecule has 1 fully saturated rings. The highest BCUT2D eigenvalue weighted by molar-refractivity contribution is 9.10. The van der Waals surface area contributed by atoms with E-state index in [2.05, 4.69) is 38.3 Å². The number of rotatable bonds is 4. The molecule has 0 atom stereocenters. The molecule has 7 heteroatoms. The molecular weight excluding hydrogens is 414 g/mol. The van der Waals surface area contributed by atoms with Crippen molar-refractivity contribution in [3.05, 3.63) is 63.3 Å². The first-order chi connectivity index (χ1) is 12.7. The average molecular weight is 432 g/mol. The number of aromatic nitrogens is 1. The number of carbonyl (C=O) groups excluding carboxylic acids is 1. The van der Waals surface area contributed by atoms with Crippen LogP contribution in [0.1, 0.15) is 15.6 Å². The predicted octanol–water partition coefficient (Wildman–Crippen LogP) is 4.12. The molecule has 1 aliphatic rings. The summed E-state index contributed by atoms with van der Waals surface area (Å²) in [7, 11) is 0. The summed E-state index contributed by atoms with van der Waals surface area (Å²) < 4.78 is 5.95. The highest BCUT2D eigenvalue weighted by atomic mass is 79.9. The highest BCUT2D eigenvalue weighted by Crippen LogP contribution is 2.23. The van der Waals surface area contributed by atoms with Gasteiger partial charge in [-0.2, -0.15) is 0 Å². The zero-order valence-electron chi connectivity index (χ0n) is 14.1. The lowest BCUT2D eigenvalue weighted by Gasteiger charge is -2.33. The van der Waals surface area contributed by atoms with Gasteiger partial charge < -0.3 is 9.32 Å². The molecule has 3 aromatic rings. The van der Waals surface area contributed by atoms with Gasteiger partial charge in [-0.3, -0.25) is 9.69 Å². The predicted molar refractivity (Wildman–Crippen MR) is 105 cm³/mol. The zero-order chi connectivity index (χ0) is 17.9. The van der Waals surface area contributed by atoms with E-state index in [-0.39, 0.29) is 5.91 Å². The Balaban J connectivity index is 1.33. The summed E-state index contributed by atoms with van der Waals surface area (Å²) in [5.74, 6) is 0.341. The number of piperazine rings is 1. The minimum atomic E-state index is -0.0454. The Labute approximate surface area is 164 Å². The Hall–Kier alpha value is -1.96. The molecule has 0 bridgehead atoms. The normalized spacial score (nSPS) is 15.3. The fourth-order valence-corrected chi connectivity index (χ4v) is 4.16. The van der Waals surface area contributed by atoms with E-state index in [1.165, 1.54) is 0 Å². The van der Waals surface area contributed by atoms with Crippen LogP contribution in [0.4, 0.5) is 0 Å². The van der Waals surface area contributed by atoms with E-state index < -0.39 is 0 Å². The Bertz CT molecular complexity index is 885. The fourth-order valence-electron chi connectivity index (χ4n) is 3.01. The third-order valence-electron chi connectivity index (χ3n) is 4.42. The quantitative estimate of drug-likeness (QED) is 0.623. The molecule has 0 unspecified atom stereocenters. The monoisotopic (exact) mass is 431 g/mol. The van der Waals surface area contributed by atoms with Gasteiger partial charge in [-0.05, 0) is 28.1 Å². The number of thiazole rings is 1. The molecule has 0 N–H and O–H groups in total. The van der Waals surface area contributed by atoms with Crippen molar-refractivity contribution < 1.29 is 9.21 Å². The lowest BCUT2D eigenvalue weighted by molar-refractivity contribution is 0.0596. The Morgan fingerprint density at radius 2 is 1.88 bits per heavy atom. The highest BCUT2D eigenvalue weighted by Gasteiger charge is 2.24. The molecule has 0 aliphatic carbocycles. The van der Waals surface area contributed by atoms with Crippen LogP contribution >= 0.6 is 27.3 Å². The third-order valence-corrected chi connectivity index (χ3v) is 5.68. The number of amides is 1. The summed E-state index contributed by atoms with van der Waals surface area (Å²) in [6.45, 7) is 3.91. The summed E-state index contributed by atoms with van der Waals surface area (Å²) >= 11 is 4.93. The first kappa shape index (κ1) is 17.5. The summed E-state index contributed by atoms with van der Waals surface area (Å²) in [5, 5.41) is 3.22. The van der Waals surface area contributed by atoms with E-state index >= 15 is 0 Å². The molecule has 1 aromatic carbocycles. The van der Waals surface area contributed by atoms with Gasteiger partial charge in [-0.1, -0.05) is 30.3 Å². The van der Waals surface area contributed by atoms with Gasteiger partial charge >= 0.3 is 0 Å². The van der Waals surface area contributed by atoms with Gasteiger partial charge in [-0.15, -0.1) is 11.3 Å². The van der Waals surface area contributed by atoms with Crippen LogP contribution in [0.15, 0.2) is 56.9 Å². The maximum Gasteiger partial charge on any atom is 0.289 e. The molecule has 1 aliphatic heterocycles. The second-order valence-corrected chi connectivity index (χ2v) is 7.89. The summed E-state index contributed by atoms with van der Waals surface area (Å²) in [6.07, 6.45) is 0. The average Bonchev–Trinajstić information content (AvgIpc) is 3.32. The van der Waals surface area contributed by atoms with Crippen LogP contribution in [0, 0.1) is 0 Å². The standard InChI is InChI=1S/C19H18BrN3O2S/c20-17-7-6-16(25-17)19(24)23-10-8-22(9-11-23)12-18-21-15(13-26-18)14-4-2-1-3-5-14/h1-7,13H,8-12H2. The molecule has 1 saturated heterocycles. The van der Waals surface area contributed by atoms with E-state index in [4.69, 9.17) is 9.40 Å². The first-order valence-electron chi connectivity index (χ1n) is 8.46. The fraction of sp³-hybridized carbons (Fsp3) is 0.263.